The molecule has 4 heterocycles. The Hall–Kier alpha value is -1.91. The van der Waals surface area contributed by atoms with Gasteiger partial charge in [0, 0.05) is 30.2 Å². The number of hydrogen-bond donors (Lipinski definition) is 0. The van der Waals surface area contributed by atoms with Crippen molar-refractivity contribution in [2.24, 2.45) is 0 Å². The molecule has 3 aromatic carbocycles. The standard InChI is InChI=1S/C34H35O2PS3/c1-32(2,3)18-10-12-23-21(14-18)28-30(36-23)37(35)27-25(38-28)16-20(34(7,8)9)17-26(27)39-29-22-15-19(33(4,5)6)11-13-24(22)40-31(29)37/h10-17H,1-9H3. The predicted octanol–water partition coefficient (Wildman–Crippen LogP) is 10.1. The number of rotatable bonds is 0. The second-order valence-corrected chi connectivity index (χ2v) is 20.3. The largest absolute Gasteiger partial charge is 0.451 e. The van der Waals surface area contributed by atoms with Crippen molar-refractivity contribution in [1.82, 2.24) is 0 Å². The van der Waals surface area contributed by atoms with Gasteiger partial charge in [-0.05, 0) is 69.3 Å². The highest BCUT2D eigenvalue weighted by molar-refractivity contribution is 8.07. The van der Waals surface area contributed by atoms with Crippen molar-refractivity contribution < 1.29 is 8.98 Å². The molecule has 206 valence electrons. The van der Waals surface area contributed by atoms with Gasteiger partial charge in [-0.3, -0.25) is 0 Å². The Balaban J connectivity index is 1.58. The van der Waals surface area contributed by atoms with Gasteiger partial charge in [0.05, 0.1) is 14.8 Å². The Morgan fingerprint density at radius 1 is 0.650 bits per heavy atom. The lowest BCUT2D eigenvalue weighted by Gasteiger charge is -2.32. The molecular formula is C34H35O2PS3. The molecule has 0 spiro atoms. The summed E-state index contributed by atoms with van der Waals surface area (Å²) in [4.78, 5) is 4.41. The van der Waals surface area contributed by atoms with Crippen LogP contribution >= 0.6 is 42.0 Å². The van der Waals surface area contributed by atoms with Crippen molar-refractivity contribution in [3.63, 3.8) is 0 Å². The van der Waals surface area contributed by atoms with E-state index in [1.54, 1.807) is 34.9 Å². The fourth-order valence-corrected chi connectivity index (χ4v) is 14.7. The number of hydrogen-bond acceptors (Lipinski definition) is 5. The lowest BCUT2D eigenvalue weighted by atomic mass is 9.86. The van der Waals surface area contributed by atoms with E-state index in [2.05, 4.69) is 111 Å². The van der Waals surface area contributed by atoms with Gasteiger partial charge in [-0.2, -0.15) is 0 Å². The normalized spacial score (nSPS) is 18.6. The van der Waals surface area contributed by atoms with Gasteiger partial charge >= 0.3 is 0 Å². The predicted molar refractivity (Wildman–Crippen MR) is 175 cm³/mol. The molecule has 6 heteroatoms. The van der Waals surface area contributed by atoms with Crippen LogP contribution in [0.2, 0.25) is 0 Å². The van der Waals surface area contributed by atoms with Crippen LogP contribution in [0.15, 0.2) is 72.5 Å². The van der Waals surface area contributed by atoms with Crippen molar-refractivity contribution in [3.8, 4) is 0 Å². The molecule has 0 radical (unpaired) electrons. The van der Waals surface area contributed by atoms with E-state index in [9.17, 15) is 0 Å². The molecule has 0 saturated heterocycles. The van der Waals surface area contributed by atoms with Crippen LogP contribution in [-0.4, -0.2) is 0 Å². The maximum absolute atomic E-state index is 15.9. The molecule has 2 nitrogen and oxygen atoms in total. The molecule has 2 aromatic heterocycles. The molecule has 0 aliphatic carbocycles. The van der Waals surface area contributed by atoms with Crippen LogP contribution in [-0.2, 0) is 20.8 Å². The summed E-state index contributed by atoms with van der Waals surface area (Å²) in [5.41, 5.74) is 5.35. The topological polar surface area (TPSA) is 30.2 Å². The zero-order chi connectivity index (χ0) is 28.6. The summed E-state index contributed by atoms with van der Waals surface area (Å²) in [7, 11) is -3.23. The lowest BCUT2D eigenvalue weighted by Crippen LogP contribution is -2.33. The van der Waals surface area contributed by atoms with Gasteiger partial charge in [-0.1, -0.05) is 98.0 Å². The average molecular weight is 603 g/mol. The second kappa shape index (κ2) is 8.34. The van der Waals surface area contributed by atoms with E-state index >= 15 is 4.57 Å². The van der Waals surface area contributed by atoms with Crippen molar-refractivity contribution >= 4 is 78.5 Å². The summed E-state index contributed by atoms with van der Waals surface area (Å²) in [6.07, 6.45) is 0. The van der Waals surface area contributed by atoms with Gasteiger partial charge in [-0.25, -0.2) is 0 Å². The quantitative estimate of drug-likeness (QED) is 0.162. The van der Waals surface area contributed by atoms with Crippen molar-refractivity contribution in [2.45, 2.75) is 98.1 Å². The lowest BCUT2D eigenvalue weighted by molar-refractivity contribution is 0.575. The maximum atomic E-state index is 15.9. The summed E-state index contributed by atoms with van der Waals surface area (Å²) >= 11 is 5.25. The third-order valence-electron chi connectivity index (χ3n) is 8.20. The molecule has 7 rings (SSSR count). The van der Waals surface area contributed by atoms with Crippen LogP contribution in [0.3, 0.4) is 0 Å². The van der Waals surface area contributed by atoms with Gasteiger partial charge in [0.1, 0.15) is 5.58 Å². The van der Waals surface area contributed by atoms with Crippen LogP contribution in [0.1, 0.15) is 79.0 Å². The van der Waals surface area contributed by atoms with E-state index < -0.39 is 7.14 Å². The molecular weight excluding hydrogens is 568 g/mol. The first-order valence-electron chi connectivity index (χ1n) is 13.9. The Bertz CT molecular complexity index is 1810. The van der Waals surface area contributed by atoms with Gasteiger partial charge in [-0.15, -0.1) is 11.3 Å². The fraction of sp³-hybridized carbons (Fsp3) is 0.353. The maximum Gasteiger partial charge on any atom is 0.218 e. The van der Waals surface area contributed by atoms with Crippen LogP contribution in [0, 0.1) is 0 Å². The highest BCUT2D eigenvalue weighted by Gasteiger charge is 2.50. The minimum absolute atomic E-state index is 0.0112. The minimum Gasteiger partial charge on any atom is -0.451 e. The molecule has 2 aliphatic rings. The van der Waals surface area contributed by atoms with Gasteiger partial charge < -0.3 is 8.98 Å². The van der Waals surface area contributed by atoms with Gasteiger partial charge in [0.15, 0.2) is 5.50 Å². The molecule has 2 aliphatic heterocycles. The summed E-state index contributed by atoms with van der Waals surface area (Å²) in [6, 6.07) is 17.9. The molecule has 0 fully saturated rings. The number of benzene rings is 3. The molecule has 1 atom stereocenters. The minimum atomic E-state index is -3.23. The Morgan fingerprint density at radius 3 is 1.80 bits per heavy atom. The summed E-state index contributed by atoms with van der Waals surface area (Å²) in [5.74, 6) is 0. The zero-order valence-electron chi connectivity index (χ0n) is 24.6. The molecule has 0 bridgehead atoms. The third-order valence-corrected chi connectivity index (χ3v) is 16.1. The Kier molecular flexibility index (Phi) is 5.62. The molecule has 40 heavy (non-hydrogen) atoms. The van der Waals surface area contributed by atoms with E-state index in [4.69, 9.17) is 4.42 Å². The van der Waals surface area contributed by atoms with E-state index in [1.165, 1.54) is 26.8 Å². The Morgan fingerprint density at radius 2 is 1.20 bits per heavy atom. The summed E-state index contributed by atoms with van der Waals surface area (Å²) in [5, 5.41) is 3.27. The van der Waals surface area contributed by atoms with Crippen molar-refractivity contribution in [2.75, 3.05) is 0 Å². The number of thiophene rings is 1. The summed E-state index contributed by atoms with van der Waals surface area (Å²) < 4.78 is 24.7. The monoisotopic (exact) mass is 602 g/mol. The number of furan rings is 1. The van der Waals surface area contributed by atoms with E-state index in [-0.39, 0.29) is 16.2 Å². The first kappa shape index (κ1) is 27.0. The molecule has 0 N–H and O–H groups in total. The smallest absolute Gasteiger partial charge is 0.218 e. The SMILES string of the molecule is CC(C)(C)c1cc2c3c(c1)Sc1c(sc4ccc(C(C)(C)C)cc14)P3(=O)c1oc3ccc(C(C)(C)C)cc3c1S2. The van der Waals surface area contributed by atoms with Crippen LogP contribution in [0.4, 0.5) is 0 Å². The van der Waals surface area contributed by atoms with E-state index in [1.807, 2.05) is 0 Å². The molecule has 1 unspecified atom stereocenters. The summed E-state index contributed by atoms with van der Waals surface area (Å²) in [6.45, 7) is 20.3. The van der Waals surface area contributed by atoms with Crippen molar-refractivity contribution in [3.05, 3.63) is 65.2 Å². The zero-order valence-corrected chi connectivity index (χ0v) is 28.0. The van der Waals surface area contributed by atoms with E-state index in [0.717, 1.165) is 40.5 Å². The first-order valence-corrected chi connectivity index (χ1v) is 18.0. The Labute approximate surface area is 249 Å². The third kappa shape index (κ3) is 3.80. The highest BCUT2D eigenvalue weighted by Crippen LogP contribution is 2.63. The van der Waals surface area contributed by atoms with E-state index in [0.29, 0.717) is 5.50 Å². The first-order chi connectivity index (χ1) is 18.6. The van der Waals surface area contributed by atoms with Gasteiger partial charge in [0.25, 0.3) is 0 Å². The highest BCUT2D eigenvalue weighted by atomic mass is 32.2. The fourth-order valence-electron chi connectivity index (χ4n) is 5.67. The molecule has 0 saturated carbocycles. The van der Waals surface area contributed by atoms with Crippen molar-refractivity contribution in [1.29, 1.82) is 0 Å². The molecule has 5 aromatic rings. The van der Waals surface area contributed by atoms with Crippen LogP contribution < -0.4 is 15.4 Å². The van der Waals surface area contributed by atoms with Crippen LogP contribution in [0.25, 0.3) is 21.1 Å². The average Bonchev–Trinajstić information content (AvgIpc) is 3.41. The number of fused-ring (bicyclic) bond motifs is 8. The van der Waals surface area contributed by atoms with Gasteiger partial charge in [0.2, 0.25) is 7.14 Å². The molecule has 0 amide bonds. The van der Waals surface area contributed by atoms with Crippen LogP contribution in [0.5, 0.6) is 0 Å². The second-order valence-electron chi connectivity index (χ2n) is 14.3.